The molecule has 0 saturated heterocycles. The van der Waals surface area contributed by atoms with Crippen molar-refractivity contribution in [3.8, 4) is 35.1 Å². The summed E-state index contributed by atoms with van der Waals surface area (Å²) in [4.78, 5) is 47.9. The second-order valence-electron chi connectivity index (χ2n) is 13.8. The largest absolute Gasteiger partial charge is 0.404 e. The number of hydrogen-bond acceptors (Lipinski definition) is 8. The summed E-state index contributed by atoms with van der Waals surface area (Å²) < 4.78 is 3.74. The third-order valence-electron chi connectivity index (χ3n) is 8.79. The van der Waals surface area contributed by atoms with Gasteiger partial charge < -0.3 is 36.1 Å². The summed E-state index contributed by atoms with van der Waals surface area (Å²) in [5.41, 5.74) is 18.7. The first-order valence-corrected chi connectivity index (χ1v) is 24.9. The third-order valence-corrected chi connectivity index (χ3v) is 8.79. The van der Waals surface area contributed by atoms with Gasteiger partial charge in [0.1, 0.15) is 17.8 Å². The van der Waals surface area contributed by atoms with E-state index in [4.69, 9.17) is 11.5 Å². The van der Waals surface area contributed by atoms with Gasteiger partial charge in [-0.25, -0.2) is 9.97 Å². The number of nitrogens with one attached hydrogen (secondary N) is 2. The summed E-state index contributed by atoms with van der Waals surface area (Å²) in [5.74, 6) is 12.4. The smallest absolute Gasteiger partial charge is 0.271 e. The van der Waals surface area contributed by atoms with Gasteiger partial charge in [0, 0.05) is 97.8 Å². The van der Waals surface area contributed by atoms with Gasteiger partial charge in [0.2, 0.25) is 0 Å². The van der Waals surface area contributed by atoms with E-state index < -0.39 is 0 Å². The number of aromatic nitrogens is 4. The fourth-order valence-electron chi connectivity index (χ4n) is 5.66. The molecule has 0 aliphatic rings. The predicted molar refractivity (Wildman–Crippen MR) is 309 cm³/mol. The topological polar surface area (TPSA) is 166 Å². The maximum Gasteiger partial charge on any atom is 0.271 e. The molecule has 6 N–H and O–H groups in total. The van der Waals surface area contributed by atoms with E-state index in [1.54, 1.807) is 54.3 Å². The van der Waals surface area contributed by atoms with Crippen molar-refractivity contribution in [1.82, 2.24) is 29.3 Å². The minimum absolute atomic E-state index is 0. The van der Waals surface area contributed by atoms with Crippen LogP contribution in [0.5, 0.6) is 0 Å². The number of rotatable bonds is 10. The van der Waals surface area contributed by atoms with Crippen LogP contribution in [0.15, 0.2) is 146 Å². The normalized spacial score (nSPS) is 9.64. The van der Waals surface area contributed by atoms with Gasteiger partial charge in [0.15, 0.2) is 5.78 Å². The number of nitrogens with two attached hydrogens (primary N) is 2. The van der Waals surface area contributed by atoms with Gasteiger partial charge in [-0.05, 0) is 94.2 Å². The van der Waals surface area contributed by atoms with Gasteiger partial charge in [-0.1, -0.05) is 143 Å². The van der Waals surface area contributed by atoms with Crippen molar-refractivity contribution in [2.45, 2.75) is 110 Å². The van der Waals surface area contributed by atoms with E-state index in [1.165, 1.54) is 18.7 Å². The molecule has 0 radical (unpaired) electrons. The van der Waals surface area contributed by atoms with E-state index in [2.05, 4.69) is 53.8 Å². The van der Waals surface area contributed by atoms with Crippen molar-refractivity contribution in [3.05, 3.63) is 185 Å². The van der Waals surface area contributed by atoms with Crippen LogP contribution in [0, 0.1) is 23.7 Å². The van der Waals surface area contributed by atoms with E-state index >= 15 is 0 Å². The van der Waals surface area contributed by atoms with Gasteiger partial charge >= 0.3 is 0 Å². The lowest BCUT2D eigenvalue weighted by Crippen LogP contribution is -2.18. The van der Waals surface area contributed by atoms with Gasteiger partial charge in [-0.15, -0.1) is 0 Å². The summed E-state index contributed by atoms with van der Waals surface area (Å²) in [6.07, 6.45) is 10.1. The highest BCUT2D eigenvalue weighted by Gasteiger charge is 2.13. The summed E-state index contributed by atoms with van der Waals surface area (Å²) in [6.45, 7) is 28.4. The van der Waals surface area contributed by atoms with Crippen molar-refractivity contribution in [3.63, 3.8) is 0 Å². The molecule has 2 amide bonds. The van der Waals surface area contributed by atoms with Crippen molar-refractivity contribution < 1.29 is 17.2 Å². The maximum absolute atomic E-state index is 12.9. The fourth-order valence-corrected chi connectivity index (χ4v) is 5.66. The molecule has 6 aromatic rings. The van der Waals surface area contributed by atoms with Gasteiger partial charge in [-0.2, -0.15) is 0 Å². The van der Waals surface area contributed by atoms with Crippen LogP contribution in [0.4, 0.5) is 5.69 Å². The maximum atomic E-state index is 12.9. The minimum atomic E-state index is -0.275. The van der Waals surface area contributed by atoms with E-state index in [1.807, 2.05) is 184 Å². The molecule has 0 atom stereocenters. The Morgan fingerprint density at radius 1 is 0.667 bits per heavy atom. The molecule has 0 fully saturated rings. The van der Waals surface area contributed by atoms with Crippen LogP contribution in [-0.2, 0) is 13.0 Å². The highest BCUT2D eigenvalue weighted by Crippen LogP contribution is 2.18. The average molecular weight is 986 g/mol. The number of anilines is 1. The number of Topliss-reactive ketones (excluding diaryl/α,β-unsaturated/α-hetero) is 1. The molecule has 0 unspecified atom stereocenters. The first-order chi connectivity index (χ1) is 35.0. The zero-order valence-corrected chi connectivity index (χ0v) is 46.2. The predicted octanol–water partition coefficient (Wildman–Crippen LogP) is 12.9. The molecular weight excluding hydrogens is 895 g/mol. The monoisotopic (exact) mass is 986 g/mol. The Bertz CT molecular complexity index is 2700. The number of allylic oxidation sites excluding steroid dienone is 2. The molecule has 2 aromatic heterocycles. The Kier molecular flexibility index (Phi) is 36.6. The Balaban J connectivity index is -0.000000538. The van der Waals surface area contributed by atoms with E-state index in [0.717, 1.165) is 45.9 Å². The highest BCUT2D eigenvalue weighted by molar-refractivity contribution is 6.04. The number of nitrogens with zero attached hydrogens (tertiary/aromatic N) is 5. The quantitative estimate of drug-likeness (QED) is 0.0777. The fraction of sp³-hybridized carbons (Fsp3) is 0.317. The van der Waals surface area contributed by atoms with Crippen LogP contribution in [0.1, 0.15) is 154 Å². The number of carbonyl (C=O) groups excluding carboxylic acids is 3. The molecule has 6 rings (SSSR count). The first-order valence-electron chi connectivity index (χ1n) is 24.9. The summed E-state index contributed by atoms with van der Waals surface area (Å²) in [5, 5.41) is 5.40. The van der Waals surface area contributed by atoms with Gasteiger partial charge in [0.25, 0.3) is 11.8 Å². The molecular formula is C60H87N9O3. The van der Waals surface area contributed by atoms with Crippen molar-refractivity contribution in [1.29, 1.82) is 0 Å². The molecule has 0 bridgehead atoms. The van der Waals surface area contributed by atoms with Gasteiger partial charge in [0.05, 0.1) is 6.54 Å². The van der Waals surface area contributed by atoms with Crippen molar-refractivity contribution in [2.24, 2.45) is 11.5 Å². The Hall–Kier alpha value is -7.93. The molecule has 4 aromatic carbocycles. The molecule has 12 heteroatoms. The molecule has 0 aliphatic carbocycles. The Labute approximate surface area is 436 Å². The first kappa shape index (κ1) is 66.2. The van der Waals surface area contributed by atoms with Crippen LogP contribution in [-0.4, -0.2) is 62.7 Å². The zero-order chi connectivity index (χ0) is 55.0. The number of amides is 2. The number of carbonyl (C=O) groups is 3. The summed E-state index contributed by atoms with van der Waals surface area (Å²) in [6, 6.07) is 29.7. The van der Waals surface area contributed by atoms with Crippen LogP contribution in [0.3, 0.4) is 0 Å². The number of ketones is 1. The standard InChI is InChI=1S/C25H26N4O.C23H21N5O2.6C2H6.2H2/c1-19(17-26)10-11-20-6-4-8-22(14-20)24(30)16-21-7-5-9-23(15-21)29-13-12-27-25(29)18-28(2)3;1-16(13-24)9-10-17-5-3-7-19(11-17)27-22(29)18-6-4-8-20(12-18)28-14-21(26-15-28)23(30)25-2;6*1-2;;/h4-9,12-15,17H,16,18,26H2,1-3H3;3-8,11-15H,24H2,1-2H3,(H,25,30)(H,27,29);6*1-2H3;2*1H/b19-17+;16-13+;;;;;;;;/i;;;;;;;;2*1+2. The molecule has 0 aliphatic heterocycles. The Morgan fingerprint density at radius 3 is 1.79 bits per heavy atom. The molecule has 2 heterocycles. The number of hydrogen-bond donors (Lipinski definition) is 4. The third kappa shape index (κ3) is 23.6. The number of benzene rings is 4. The minimum Gasteiger partial charge on any atom is -0.404 e. The molecule has 0 spiro atoms. The van der Waals surface area contributed by atoms with Crippen molar-refractivity contribution in [2.75, 3.05) is 26.5 Å². The lowest BCUT2D eigenvalue weighted by atomic mass is 10.0. The zero-order valence-electron chi connectivity index (χ0n) is 46.2. The second kappa shape index (κ2) is 39.9. The van der Waals surface area contributed by atoms with Gasteiger partial charge in [-0.3, -0.25) is 14.4 Å². The summed E-state index contributed by atoms with van der Waals surface area (Å²) >= 11 is 0. The van der Waals surface area contributed by atoms with E-state index in [9.17, 15) is 14.4 Å². The molecule has 0 saturated carbocycles. The summed E-state index contributed by atoms with van der Waals surface area (Å²) in [7, 11) is 5.57. The van der Waals surface area contributed by atoms with Crippen molar-refractivity contribution >= 4 is 23.3 Å². The number of imidazole rings is 2. The van der Waals surface area contributed by atoms with E-state index in [0.29, 0.717) is 34.6 Å². The lowest BCUT2D eigenvalue weighted by molar-refractivity contribution is 0.0956. The van der Waals surface area contributed by atoms with E-state index in [-0.39, 0.29) is 20.5 Å². The van der Waals surface area contributed by atoms with Crippen LogP contribution in [0.25, 0.3) is 11.4 Å². The van der Waals surface area contributed by atoms with Crippen LogP contribution in [0.2, 0.25) is 0 Å². The lowest BCUT2D eigenvalue weighted by Gasteiger charge is -2.13. The SMILES string of the molecule is C/C(C#Cc1cccc(C(=O)Cc2cccc(-n3ccnc3CN(C)C)c2)c1)=C\N.CC.CC.CC.CC.CC.CC.CNC(=O)c1cn(-c2cccc(C(=O)Nc3cccc(C#C/C(C)=C/N)c3)c2)cn1.[3HH].[3HH]. The van der Waals surface area contributed by atoms with Crippen LogP contribution >= 0.6 is 0 Å². The molecule has 12 nitrogen and oxygen atoms in total. The Morgan fingerprint density at radius 2 is 1.21 bits per heavy atom. The second-order valence-corrected chi connectivity index (χ2v) is 13.8. The average Bonchev–Trinajstić information content (AvgIpc) is 4.14. The molecule has 390 valence electrons. The molecule has 72 heavy (non-hydrogen) atoms. The van der Waals surface area contributed by atoms with Crippen LogP contribution < -0.4 is 22.1 Å². The highest BCUT2D eigenvalue weighted by atomic mass is 16.2.